The molecule has 0 radical (unpaired) electrons. The number of rotatable bonds is 5. The van der Waals surface area contributed by atoms with Crippen molar-refractivity contribution in [3.8, 4) is 0 Å². The van der Waals surface area contributed by atoms with Crippen molar-refractivity contribution in [2.24, 2.45) is 0 Å². The van der Waals surface area contributed by atoms with Crippen LogP contribution in [0.5, 0.6) is 0 Å². The lowest BCUT2D eigenvalue weighted by Gasteiger charge is -2.09. The molecular formula is C13H14ClN3O2S. The molecule has 1 aromatic heterocycles. The van der Waals surface area contributed by atoms with Crippen molar-refractivity contribution in [2.75, 3.05) is 6.54 Å². The van der Waals surface area contributed by atoms with Gasteiger partial charge in [0.2, 0.25) is 10.0 Å². The van der Waals surface area contributed by atoms with Gasteiger partial charge in [0.25, 0.3) is 0 Å². The summed E-state index contributed by atoms with van der Waals surface area (Å²) in [4.78, 5) is 7.96. The summed E-state index contributed by atoms with van der Waals surface area (Å²) in [5, 5.41) is 0.396. The topological polar surface area (TPSA) is 72.0 Å². The third-order valence-corrected chi connectivity index (χ3v) is 4.60. The van der Waals surface area contributed by atoms with Gasteiger partial charge in [-0.1, -0.05) is 17.7 Å². The molecule has 7 heteroatoms. The van der Waals surface area contributed by atoms with E-state index in [0.717, 1.165) is 5.56 Å². The Morgan fingerprint density at radius 1 is 1.25 bits per heavy atom. The van der Waals surface area contributed by atoms with Crippen LogP contribution in [0.15, 0.2) is 41.8 Å². The molecule has 5 nitrogen and oxygen atoms in total. The van der Waals surface area contributed by atoms with Crippen molar-refractivity contribution >= 4 is 21.6 Å². The number of hydrogen-bond donors (Lipinski definition) is 1. The van der Waals surface area contributed by atoms with Crippen LogP contribution in [0.4, 0.5) is 0 Å². The number of halogens is 1. The first-order valence-corrected chi connectivity index (χ1v) is 7.85. The Labute approximate surface area is 123 Å². The molecule has 0 fully saturated rings. The summed E-state index contributed by atoms with van der Waals surface area (Å²) in [6, 6.07) is 4.80. The Kier molecular flexibility index (Phi) is 4.69. The zero-order valence-corrected chi connectivity index (χ0v) is 12.4. The van der Waals surface area contributed by atoms with Gasteiger partial charge < -0.3 is 0 Å². The van der Waals surface area contributed by atoms with Gasteiger partial charge in [0.15, 0.2) is 0 Å². The molecule has 0 atom stereocenters. The van der Waals surface area contributed by atoms with E-state index in [4.69, 9.17) is 11.6 Å². The van der Waals surface area contributed by atoms with Crippen LogP contribution in [0.25, 0.3) is 0 Å². The maximum atomic E-state index is 12.2. The Balaban J connectivity index is 2.06. The summed E-state index contributed by atoms with van der Waals surface area (Å²) in [6.07, 6.45) is 5.28. The quantitative estimate of drug-likeness (QED) is 0.916. The van der Waals surface area contributed by atoms with Crippen molar-refractivity contribution in [3.05, 3.63) is 53.1 Å². The van der Waals surface area contributed by atoms with Crippen molar-refractivity contribution in [3.63, 3.8) is 0 Å². The first-order valence-electron chi connectivity index (χ1n) is 5.99. The number of aryl methyl sites for hydroxylation is 1. The largest absolute Gasteiger partial charge is 0.245 e. The molecule has 2 aromatic rings. The zero-order chi connectivity index (χ0) is 14.6. The standard InChI is InChI=1S/C13H14ClN3O2S/c1-10-2-3-12(14)6-13(10)20(18,19)17-5-4-11-7-15-9-16-8-11/h2-3,6-9,17H,4-5H2,1H3. The second kappa shape index (κ2) is 6.30. The zero-order valence-electron chi connectivity index (χ0n) is 10.9. The molecule has 0 saturated carbocycles. The van der Waals surface area contributed by atoms with Crippen LogP contribution in [0, 0.1) is 6.92 Å². The van der Waals surface area contributed by atoms with Gasteiger partial charge in [0.1, 0.15) is 6.33 Å². The third kappa shape index (κ3) is 3.75. The van der Waals surface area contributed by atoms with Crippen molar-refractivity contribution in [1.82, 2.24) is 14.7 Å². The van der Waals surface area contributed by atoms with Crippen LogP contribution < -0.4 is 4.72 Å². The van der Waals surface area contributed by atoms with Crippen molar-refractivity contribution < 1.29 is 8.42 Å². The van der Waals surface area contributed by atoms with Gasteiger partial charge in [-0.25, -0.2) is 23.1 Å². The molecule has 2 rings (SSSR count). The fourth-order valence-corrected chi connectivity index (χ4v) is 3.27. The van der Waals surface area contributed by atoms with E-state index in [9.17, 15) is 8.42 Å². The van der Waals surface area contributed by atoms with Gasteiger partial charge in [-0.2, -0.15) is 0 Å². The molecule has 0 amide bonds. The molecule has 1 N–H and O–H groups in total. The molecule has 0 bridgehead atoms. The molecule has 0 unspecified atom stereocenters. The summed E-state index contributed by atoms with van der Waals surface area (Å²) in [6.45, 7) is 2.01. The van der Waals surface area contributed by atoms with Crippen molar-refractivity contribution in [1.29, 1.82) is 0 Å². The molecule has 0 aliphatic rings. The number of benzene rings is 1. The Morgan fingerprint density at radius 2 is 1.95 bits per heavy atom. The minimum atomic E-state index is -3.56. The van der Waals surface area contributed by atoms with E-state index in [1.807, 2.05) is 0 Å². The van der Waals surface area contributed by atoms with Gasteiger partial charge in [0, 0.05) is 24.0 Å². The monoisotopic (exact) mass is 311 g/mol. The maximum absolute atomic E-state index is 12.2. The second-order valence-corrected chi connectivity index (χ2v) is 6.48. The summed E-state index contributed by atoms with van der Waals surface area (Å²) in [5.41, 5.74) is 1.53. The average Bonchev–Trinajstić information content (AvgIpc) is 2.42. The summed E-state index contributed by atoms with van der Waals surface area (Å²) < 4.78 is 26.9. The minimum absolute atomic E-state index is 0.203. The van der Waals surface area contributed by atoms with E-state index in [1.165, 1.54) is 12.4 Å². The SMILES string of the molecule is Cc1ccc(Cl)cc1S(=O)(=O)NCCc1cncnc1. The molecule has 0 spiro atoms. The molecule has 1 heterocycles. The highest BCUT2D eigenvalue weighted by Gasteiger charge is 2.16. The first kappa shape index (κ1) is 14.9. The number of sulfonamides is 1. The lowest BCUT2D eigenvalue weighted by molar-refractivity contribution is 0.581. The fraction of sp³-hybridized carbons (Fsp3) is 0.231. The van der Waals surface area contributed by atoms with Crippen LogP contribution in [0.1, 0.15) is 11.1 Å². The predicted molar refractivity (Wildman–Crippen MR) is 77.1 cm³/mol. The van der Waals surface area contributed by atoms with Crippen LogP contribution in [-0.4, -0.2) is 24.9 Å². The van der Waals surface area contributed by atoms with Crippen LogP contribution in [0.3, 0.4) is 0 Å². The van der Waals surface area contributed by atoms with E-state index >= 15 is 0 Å². The molecule has 20 heavy (non-hydrogen) atoms. The van der Waals surface area contributed by atoms with Gasteiger partial charge in [-0.15, -0.1) is 0 Å². The average molecular weight is 312 g/mol. The molecule has 0 aliphatic carbocycles. The van der Waals surface area contributed by atoms with Gasteiger partial charge in [0.05, 0.1) is 4.90 Å². The highest BCUT2D eigenvalue weighted by Crippen LogP contribution is 2.19. The van der Waals surface area contributed by atoms with E-state index < -0.39 is 10.0 Å². The van der Waals surface area contributed by atoms with E-state index in [0.29, 0.717) is 17.0 Å². The summed E-state index contributed by atoms with van der Waals surface area (Å²) in [7, 11) is -3.56. The van der Waals surface area contributed by atoms with Gasteiger partial charge >= 0.3 is 0 Å². The molecular weight excluding hydrogens is 298 g/mol. The minimum Gasteiger partial charge on any atom is -0.245 e. The van der Waals surface area contributed by atoms with Gasteiger partial charge in [-0.05, 0) is 36.6 Å². The molecule has 106 valence electrons. The number of nitrogens with zero attached hydrogens (tertiary/aromatic N) is 2. The van der Waals surface area contributed by atoms with Crippen LogP contribution in [-0.2, 0) is 16.4 Å². The highest BCUT2D eigenvalue weighted by molar-refractivity contribution is 7.89. The molecule has 0 saturated heterocycles. The first-order chi connectivity index (χ1) is 9.49. The van der Waals surface area contributed by atoms with E-state index in [1.54, 1.807) is 31.5 Å². The lowest BCUT2D eigenvalue weighted by Crippen LogP contribution is -2.26. The van der Waals surface area contributed by atoms with Crippen LogP contribution in [0.2, 0.25) is 5.02 Å². The maximum Gasteiger partial charge on any atom is 0.240 e. The highest BCUT2D eigenvalue weighted by atomic mass is 35.5. The Morgan fingerprint density at radius 3 is 2.65 bits per heavy atom. The Bertz CT molecular complexity index is 690. The number of hydrogen-bond acceptors (Lipinski definition) is 4. The molecule has 0 aliphatic heterocycles. The van der Waals surface area contributed by atoms with E-state index in [2.05, 4.69) is 14.7 Å². The summed E-state index contributed by atoms with van der Waals surface area (Å²) in [5.74, 6) is 0. The van der Waals surface area contributed by atoms with E-state index in [-0.39, 0.29) is 11.4 Å². The smallest absolute Gasteiger partial charge is 0.240 e. The normalized spacial score (nSPS) is 11.5. The van der Waals surface area contributed by atoms with Gasteiger partial charge in [-0.3, -0.25) is 0 Å². The van der Waals surface area contributed by atoms with Crippen molar-refractivity contribution in [2.45, 2.75) is 18.2 Å². The number of aromatic nitrogens is 2. The number of nitrogens with one attached hydrogen (secondary N) is 1. The lowest BCUT2D eigenvalue weighted by atomic mass is 10.2. The molecule has 1 aromatic carbocycles. The fourth-order valence-electron chi connectivity index (χ4n) is 1.73. The third-order valence-electron chi connectivity index (χ3n) is 2.76. The summed E-state index contributed by atoms with van der Waals surface area (Å²) >= 11 is 5.84. The Hall–Kier alpha value is -1.50. The van der Waals surface area contributed by atoms with Crippen LogP contribution >= 0.6 is 11.6 Å². The second-order valence-electron chi connectivity index (χ2n) is 4.30. The predicted octanol–water partition coefficient (Wildman–Crippen LogP) is 1.96.